The number of benzene rings is 9. The van der Waals surface area contributed by atoms with E-state index in [1.165, 1.54) is 66.7 Å². The fraction of sp³-hybridized carbons (Fsp3) is 0.198. The molecule has 6 heterocycles. The zero-order valence-electron chi connectivity index (χ0n) is 69.0. The largest absolute Gasteiger partial charge is 0.497 e. The van der Waals surface area contributed by atoms with Gasteiger partial charge in [-0.05, 0) is 188 Å². The first-order chi connectivity index (χ1) is 60.8. The van der Waals surface area contributed by atoms with Crippen molar-refractivity contribution in [3.63, 3.8) is 0 Å². The number of cyclic esters (lactones) is 1. The third-order valence-corrected chi connectivity index (χ3v) is 21.9. The number of ketones is 1. The van der Waals surface area contributed by atoms with E-state index in [2.05, 4.69) is 67.0 Å². The number of aromatic nitrogens is 9. The van der Waals surface area contributed by atoms with E-state index in [1.807, 2.05) is 66.7 Å². The smallest absolute Gasteiger partial charge is 0.307 e. The number of rotatable bonds is 22. The van der Waals surface area contributed by atoms with Gasteiger partial charge in [0.1, 0.15) is 57.8 Å². The number of methoxy groups -OCH3 is 4. The molecule has 126 heavy (non-hydrogen) atoms. The SMILES string of the molecule is CC1(C)OC(=O)CC1C(=O)Nc1cc2c(/C=C/c3ccc(F)cc3)n[nH]c2cc1F.COc1ccc(/C=C/c2[nH]nc3ccc(C(=O)NCc4cccnc4)c(OC)c23)cc1OC.COc1ccc(C2(C(=O)Nc3cc4c(/C=C/c5ccc(F)cc5)n[nH]c4cc3F)CCCC2)cc1.O=C1CCC(C(=O)Nc2cc3c(/C=C/c4ccc(F)cc4)n[nH]c3cc2F)C1. The van der Waals surface area contributed by atoms with Crippen LogP contribution in [0.25, 0.3) is 92.2 Å². The molecular formula is C96H85F6N13O11. The van der Waals surface area contributed by atoms with Crippen molar-refractivity contribution in [2.24, 2.45) is 11.8 Å². The minimum atomic E-state index is -0.958. The van der Waals surface area contributed by atoms with Gasteiger partial charge in [-0.2, -0.15) is 20.4 Å². The third kappa shape index (κ3) is 20.4. The summed E-state index contributed by atoms with van der Waals surface area (Å²) >= 11 is 0. The van der Waals surface area contributed by atoms with Crippen LogP contribution in [0.2, 0.25) is 0 Å². The Morgan fingerprint density at radius 1 is 0.516 bits per heavy atom. The summed E-state index contributed by atoms with van der Waals surface area (Å²) in [5.74, 6) is -3.06. The predicted molar refractivity (Wildman–Crippen MR) is 470 cm³/mol. The number of H-pyrrole nitrogens is 4. The number of nitrogens with zero attached hydrogens (tertiary/aromatic N) is 5. The van der Waals surface area contributed by atoms with Crippen LogP contribution >= 0.6 is 0 Å². The molecule has 14 aromatic rings. The van der Waals surface area contributed by atoms with Crippen molar-refractivity contribution >= 4 is 145 Å². The molecule has 2 aliphatic carbocycles. The van der Waals surface area contributed by atoms with E-state index in [1.54, 1.807) is 146 Å². The minimum Gasteiger partial charge on any atom is -0.497 e. The fourth-order valence-corrected chi connectivity index (χ4v) is 15.1. The Labute approximate surface area is 717 Å². The van der Waals surface area contributed by atoms with Crippen molar-refractivity contribution < 1.29 is 78.8 Å². The number of esters is 1. The molecular weight excluding hydrogens is 1630 g/mol. The summed E-state index contributed by atoms with van der Waals surface area (Å²) in [7, 11) is 6.34. The molecule has 0 spiro atoms. The van der Waals surface area contributed by atoms with Crippen LogP contribution in [-0.2, 0) is 40.7 Å². The lowest BCUT2D eigenvalue weighted by atomic mass is 9.78. The topological polar surface area (TPSA) is 324 Å². The van der Waals surface area contributed by atoms with Crippen molar-refractivity contribution in [2.45, 2.75) is 82.8 Å². The maximum absolute atomic E-state index is 15.0. The Kier molecular flexibility index (Phi) is 26.9. The number of amides is 4. The first-order valence-corrected chi connectivity index (χ1v) is 40.1. The number of carbonyl (C=O) groups is 6. The van der Waals surface area contributed by atoms with Gasteiger partial charge in [0.05, 0.1) is 119 Å². The number of anilines is 3. The molecule has 30 heteroatoms. The lowest BCUT2D eigenvalue weighted by molar-refractivity contribution is -0.147. The Bertz CT molecular complexity index is 6500. The van der Waals surface area contributed by atoms with Crippen LogP contribution in [0.3, 0.4) is 0 Å². The zero-order valence-corrected chi connectivity index (χ0v) is 69.0. The first-order valence-electron chi connectivity index (χ1n) is 40.1. The molecule has 24 nitrogen and oxygen atoms in total. The van der Waals surface area contributed by atoms with Crippen LogP contribution < -0.4 is 40.2 Å². The Morgan fingerprint density at radius 3 is 1.49 bits per heavy atom. The normalized spacial score (nSPS) is 15.1. The summed E-state index contributed by atoms with van der Waals surface area (Å²) in [4.78, 5) is 78.4. The Balaban J connectivity index is 0.000000137. The highest BCUT2D eigenvalue weighted by Crippen LogP contribution is 2.44. The van der Waals surface area contributed by atoms with Gasteiger partial charge in [-0.1, -0.05) is 97.8 Å². The van der Waals surface area contributed by atoms with Crippen molar-refractivity contribution in [3.05, 3.63) is 285 Å². The van der Waals surface area contributed by atoms with Gasteiger partial charge in [0.25, 0.3) is 5.91 Å². The summed E-state index contributed by atoms with van der Waals surface area (Å²) in [5.41, 5.74) is 8.58. The summed E-state index contributed by atoms with van der Waals surface area (Å²) < 4.78 is 110. The highest BCUT2D eigenvalue weighted by atomic mass is 19.1. The number of hydrogen-bond acceptors (Lipinski definition) is 16. The average molecular weight is 1710 g/mol. The van der Waals surface area contributed by atoms with Crippen molar-refractivity contribution in [2.75, 3.05) is 44.4 Å². The van der Waals surface area contributed by atoms with Gasteiger partial charge in [0.2, 0.25) is 17.7 Å². The van der Waals surface area contributed by atoms with Crippen molar-refractivity contribution in [1.29, 1.82) is 0 Å². The Hall–Kier alpha value is -15.2. The molecule has 3 fully saturated rings. The van der Waals surface area contributed by atoms with Gasteiger partial charge in [0.15, 0.2) is 11.5 Å². The molecule has 2 saturated carbocycles. The van der Waals surface area contributed by atoms with E-state index in [4.69, 9.17) is 23.7 Å². The summed E-state index contributed by atoms with van der Waals surface area (Å²) in [5, 5.41) is 41.9. The number of hydrogen-bond donors (Lipinski definition) is 8. The van der Waals surface area contributed by atoms with Gasteiger partial charge in [-0.3, -0.25) is 54.1 Å². The number of carbonyl (C=O) groups excluding carboxylic acids is 6. The zero-order chi connectivity index (χ0) is 88.8. The minimum absolute atomic E-state index is 0.0134. The van der Waals surface area contributed by atoms with Gasteiger partial charge in [0, 0.05) is 72.1 Å². The highest BCUT2D eigenvalue weighted by molar-refractivity contribution is 6.07. The van der Waals surface area contributed by atoms with Gasteiger partial charge in [-0.15, -0.1) is 0 Å². The van der Waals surface area contributed by atoms with Crippen molar-refractivity contribution in [3.8, 4) is 23.0 Å². The van der Waals surface area contributed by atoms with Crippen LogP contribution in [0.4, 0.5) is 43.4 Å². The third-order valence-electron chi connectivity index (χ3n) is 21.9. The van der Waals surface area contributed by atoms with E-state index < -0.39 is 52.2 Å². The average Bonchev–Trinajstić information content (AvgIpc) is 1.48. The second-order valence-corrected chi connectivity index (χ2v) is 30.5. The van der Waals surface area contributed by atoms with Crippen LogP contribution in [0.5, 0.6) is 23.0 Å². The first kappa shape index (κ1) is 87.1. The number of ether oxygens (including phenoxy) is 5. The monoisotopic (exact) mass is 1710 g/mol. The maximum Gasteiger partial charge on any atom is 0.307 e. The van der Waals surface area contributed by atoms with E-state index in [0.29, 0.717) is 110 Å². The molecule has 2 atom stereocenters. The Morgan fingerprint density at radius 2 is 1.02 bits per heavy atom. The van der Waals surface area contributed by atoms with E-state index in [9.17, 15) is 55.1 Å². The number of pyridine rings is 1. The van der Waals surface area contributed by atoms with E-state index >= 15 is 0 Å². The van der Waals surface area contributed by atoms with Crippen LogP contribution in [-0.4, -0.2) is 115 Å². The van der Waals surface area contributed by atoms with Gasteiger partial charge in [-0.25, -0.2) is 26.3 Å². The lowest BCUT2D eigenvalue weighted by Gasteiger charge is -2.28. The molecule has 1 aliphatic heterocycles. The summed E-state index contributed by atoms with van der Waals surface area (Å²) in [6, 6.07) is 46.9. The highest BCUT2D eigenvalue weighted by Gasteiger charge is 2.47. The molecule has 8 N–H and O–H groups in total. The summed E-state index contributed by atoms with van der Waals surface area (Å²) in [6.45, 7) is 3.66. The maximum atomic E-state index is 15.0. The molecule has 2 unspecified atom stereocenters. The molecule has 5 aromatic heterocycles. The van der Waals surface area contributed by atoms with Crippen LogP contribution in [0.15, 0.2) is 188 Å². The standard InChI is InChI=1S/C28H25F2N3O2.C25H24N4O4.C22H19F2N3O3.C21H17F2N3O2/c1-35-21-11-7-19(8-12-21)28(14-2-3-15-28)27(34)31-26-16-22-24(32-33-25(22)17-23(26)30)13-6-18-4-9-20(29)10-5-18;1-31-21-11-7-16(13-22(21)32-2)6-9-19-23-20(29-28-19)10-8-18(24(23)33-3)25(30)27-15-17-5-4-12-26-14-17;1-22(2)15(10-20(28)30-22)21(29)25-19-9-14-17(26-27-18(14)11-16(19)24)8-5-12-3-6-13(23)7-4-12;22-14-5-1-12(2-6-14)3-8-18-16-10-20(17(23)11-19(16)26-25-18)24-21(28)13-4-7-15(27)9-13/h4-13,16-17H,2-3,14-15H2,1H3,(H,31,34)(H,32,33);4-14H,15H2,1-3H3,(H,27,30)(H,28,29);3-9,11,15H,10H2,1-2H3,(H,25,29)(H,26,27);1-3,5-6,8,10-11,13H,4,7,9H2,(H,24,28)(H,25,26)/b13-6+;9-6+;8-5+;8-3+. The second-order valence-electron chi connectivity index (χ2n) is 30.5. The summed E-state index contributed by atoms with van der Waals surface area (Å²) in [6.07, 6.45) is 22.0. The second kappa shape index (κ2) is 38.9. The van der Waals surface area contributed by atoms with Crippen molar-refractivity contribution in [1.82, 2.24) is 51.1 Å². The molecule has 0 radical (unpaired) electrons. The molecule has 0 bridgehead atoms. The molecule has 9 aromatic carbocycles. The van der Waals surface area contributed by atoms with Gasteiger partial charge < -0.3 is 45.0 Å². The molecule has 17 rings (SSSR count). The molecule has 3 aliphatic rings. The molecule has 1 saturated heterocycles. The van der Waals surface area contributed by atoms with Crippen LogP contribution in [0.1, 0.15) is 132 Å². The number of halogens is 6. The quantitative estimate of drug-likeness (QED) is 0.0231. The number of fused-ring (bicyclic) bond motifs is 4. The number of nitrogens with one attached hydrogen (secondary N) is 8. The van der Waals surface area contributed by atoms with E-state index in [0.717, 1.165) is 63.1 Å². The fourth-order valence-electron chi connectivity index (χ4n) is 15.1. The number of aromatic amines is 4. The van der Waals surface area contributed by atoms with E-state index in [-0.39, 0.29) is 70.9 Å². The molecule has 642 valence electrons. The van der Waals surface area contributed by atoms with Crippen LogP contribution in [0, 0.1) is 46.7 Å². The lowest BCUT2D eigenvalue weighted by Crippen LogP contribution is -2.38. The number of Topliss-reactive ketones (excluding diaryl/α,β-unsaturated/α-hetero) is 1. The molecule has 4 amide bonds. The van der Waals surface area contributed by atoms with Gasteiger partial charge >= 0.3 is 5.97 Å². The predicted octanol–water partition coefficient (Wildman–Crippen LogP) is 19.2.